The molecule has 0 atom stereocenters. The fourth-order valence-electron chi connectivity index (χ4n) is 0.933. The molecule has 1 heterocycles. The van der Waals surface area contributed by atoms with Crippen LogP contribution in [-0.2, 0) is 0 Å². The number of nitrogens with zero attached hydrogens (tertiary/aromatic N) is 2. The average molecular weight is 252 g/mol. The molecule has 1 aromatic heterocycles. The van der Waals surface area contributed by atoms with Crippen LogP contribution in [0.3, 0.4) is 0 Å². The third-order valence-corrected chi connectivity index (χ3v) is 3.15. The topological polar surface area (TPSA) is 37.8 Å². The van der Waals surface area contributed by atoms with Gasteiger partial charge in [-0.05, 0) is 13.8 Å². The SMILES string of the molecule is Cc1ncnc(NC(C)(CCl)CCl)c1F. The first-order chi connectivity index (χ1) is 7.02. The van der Waals surface area contributed by atoms with Crippen molar-refractivity contribution in [2.24, 2.45) is 0 Å². The molecule has 1 rings (SSSR count). The first kappa shape index (κ1) is 12.5. The minimum Gasteiger partial charge on any atom is -0.360 e. The Hall–Kier alpha value is -0.610. The highest BCUT2D eigenvalue weighted by Gasteiger charge is 2.24. The summed E-state index contributed by atoms with van der Waals surface area (Å²) in [5.41, 5.74) is -0.288. The van der Waals surface area contributed by atoms with E-state index in [1.165, 1.54) is 6.33 Å². The molecule has 0 spiro atoms. The minimum atomic E-state index is -0.579. The van der Waals surface area contributed by atoms with E-state index < -0.39 is 11.4 Å². The number of nitrogens with one attached hydrogen (secondary N) is 1. The van der Waals surface area contributed by atoms with Crippen LogP contribution in [0.4, 0.5) is 10.2 Å². The Bertz CT molecular complexity index is 342. The number of hydrogen-bond donors (Lipinski definition) is 1. The van der Waals surface area contributed by atoms with E-state index in [1.807, 2.05) is 0 Å². The van der Waals surface area contributed by atoms with Crippen molar-refractivity contribution in [2.75, 3.05) is 17.1 Å². The van der Waals surface area contributed by atoms with Crippen LogP contribution in [0.15, 0.2) is 6.33 Å². The van der Waals surface area contributed by atoms with E-state index in [9.17, 15) is 4.39 Å². The Morgan fingerprint density at radius 1 is 1.40 bits per heavy atom. The van der Waals surface area contributed by atoms with Gasteiger partial charge in [0.25, 0.3) is 0 Å². The van der Waals surface area contributed by atoms with Crippen LogP contribution in [0.2, 0.25) is 0 Å². The summed E-state index contributed by atoms with van der Waals surface area (Å²) >= 11 is 11.5. The zero-order chi connectivity index (χ0) is 11.5. The van der Waals surface area contributed by atoms with E-state index >= 15 is 0 Å². The van der Waals surface area contributed by atoms with Crippen molar-refractivity contribution >= 4 is 29.0 Å². The highest BCUT2D eigenvalue weighted by atomic mass is 35.5. The van der Waals surface area contributed by atoms with Crippen LogP contribution in [0, 0.1) is 12.7 Å². The highest BCUT2D eigenvalue weighted by molar-refractivity contribution is 6.22. The third-order valence-electron chi connectivity index (χ3n) is 1.97. The maximum Gasteiger partial charge on any atom is 0.186 e. The van der Waals surface area contributed by atoms with Crippen LogP contribution in [0.25, 0.3) is 0 Å². The number of halogens is 3. The molecule has 0 unspecified atom stereocenters. The van der Waals surface area contributed by atoms with Crippen molar-refractivity contribution in [3.05, 3.63) is 17.8 Å². The summed E-state index contributed by atoms with van der Waals surface area (Å²) < 4.78 is 13.5. The molecular formula is C9H12Cl2FN3. The zero-order valence-corrected chi connectivity index (χ0v) is 10.0. The molecule has 0 amide bonds. The monoisotopic (exact) mass is 251 g/mol. The molecule has 0 aliphatic carbocycles. The van der Waals surface area contributed by atoms with E-state index in [-0.39, 0.29) is 17.6 Å². The second kappa shape index (κ2) is 4.94. The van der Waals surface area contributed by atoms with Gasteiger partial charge < -0.3 is 5.32 Å². The Morgan fingerprint density at radius 3 is 2.53 bits per heavy atom. The maximum absolute atomic E-state index is 13.5. The van der Waals surface area contributed by atoms with Crippen molar-refractivity contribution in [3.8, 4) is 0 Å². The van der Waals surface area contributed by atoms with Crippen LogP contribution >= 0.6 is 23.2 Å². The molecule has 3 nitrogen and oxygen atoms in total. The molecule has 0 radical (unpaired) electrons. The summed E-state index contributed by atoms with van der Waals surface area (Å²) in [7, 11) is 0. The second-order valence-electron chi connectivity index (χ2n) is 3.57. The van der Waals surface area contributed by atoms with Crippen LogP contribution in [0.1, 0.15) is 12.6 Å². The Morgan fingerprint density at radius 2 is 2.00 bits per heavy atom. The molecule has 1 aromatic rings. The van der Waals surface area contributed by atoms with Crippen molar-refractivity contribution in [2.45, 2.75) is 19.4 Å². The lowest BCUT2D eigenvalue weighted by molar-refractivity contribution is 0.583. The number of aryl methyl sites for hydroxylation is 1. The van der Waals surface area contributed by atoms with Gasteiger partial charge in [0, 0.05) is 11.8 Å². The van der Waals surface area contributed by atoms with Crippen molar-refractivity contribution in [1.82, 2.24) is 9.97 Å². The standard InChI is InChI=1S/C9H12Cl2FN3/c1-6-7(12)8(14-5-13-6)15-9(2,3-10)4-11/h5H,3-4H2,1-2H3,(H,13,14,15). The summed E-state index contributed by atoms with van der Waals surface area (Å²) in [5.74, 6) is 0.183. The lowest BCUT2D eigenvalue weighted by Crippen LogP contribution is -2.39. The third kappa shape index (κ3) is 2.92. The number of anilines is 1. The largest absolute Gasteiger partial charge is 0.360 e. The van der Waals surface area contributed by atoms with Gasteiger partial charge in [0.2, 0.25) is 0 Å². The smallest absolute Gasteiger partial charge is 0.186 e. The molecule has 0 saturated carbocycles. The number of aromatic nitrogens is 2. The molecule has 15 heavy (non-hydrogen) atoms. The Labute approximate surface area is 98.0 Å². The molecule has 1 N–H and O–H groups in total. The maximum atomic E-state index is 13.5. The fourth-order valence-corrected chi connectivity index (χ4v) is 1.35. The fraction of sp³-hybridized carbons (Fsp3) is 0.556. The molecule has 0 saturated heterocycles. The summed E-state index contributed by atoms with van der Waals surface area (Å²) in [4.78, 5) is 7.53. The van der Waals surface area contributed by atoms with Crippen molar-refractivity contribution < 1.29 is 4.39 Å². The molecule has 0 fully saturated rings. The zero-order valence-electron chi connectivity index (χ0n) is 8.52. The highest BCUT2D eigenvalue weighted by Crippen LogP contribution is 2.19. The summed E-state index contributed by atoms with van der Waals surface area (Å²) in [6.45, 7) is 3.37. The first-order valence-corrected chi connectivity index (χ1v) is 5.46. The van der Waals surface area contributed by atoms with Gasteiger partial charge in [-0.3, -0.25) is 0 Å². The predicted octanol–water partition coefficient (Wildman–Crippen LogP) is 2.57. The Kier molecular flexibility index (Phi) is 4.11. The van der Waals surface area contributed by atoms with Crippen LogP contribution in [0.5, 0.6) is 0 Å². The summed E-state index contributed by atoms with van der Waals surface area (Å²) in [6.07, 6.45) is 1.30. The number of rotatable bonds is 4. The van der Waals surface area contributed by atoms with E-state index in [0.29, 0.717) is 5.69 Å². The van der Waals surface area contributed by atoms with Gasteiger partial charge in [-0.2, -0.15) is 0 Å². The molecule has 84 valence electrons. The number of hydrogen-bond acceptors (Lipinski definition) is 3. The predicted molar refractivity (Wildman–Crippen MR) is 60.2 cm³/mol. The van der Waals surface area contributed by atoms with Gasteiger partial charge >= 0.3 is 0 Å². The molecular weight excluding hydrogens is 240 g/mol. The molecule has 0 bridgehead atoms. The van der Waals surface area contributed by atoms with E-state index in [0.717, 1.165) is 0 Å². The quantitative estimate of drug-likeness (QED) is 0.837. The second-order valence-corrected chi connectivity index (χ2v) is 4.11. The van der Waals surface area contributed by atoms with Crippen molar-refractivity contribution in [1.29, 1.82) is 0 Å². The van der Waals surface area contributed by atoms with Crippen LogP contribution in [-0.4, -0.2) is 27.3 Å². The lowest BCUT2D eigenvalue weighted by atomic mass is 10.1. The minimum absolute atomic E-state index is 0.131. The summed E-state index contributed by atoms with van der Waals surface area (Å²) in [6, 6.07) is 0. The van der Waals surface area contributed by atoms with Crippen LogP contribution < -0.4 is 5.32 Å². The van der Waals surface area contributed by atoms with Gasteiger partial charge in [-0.1, -0.05) is 0 Å². The number of alkyl halides is 2. The molecule has 0 aliphatic heterocycles. The van der Waals surface area contributed by atoms with E-state index in [4.69, 9.17) is 23.2 Å². The van der Waals surface area contributed by atoms with Gasteiger partial charge in [0.05, 0.1) is 11.2 Å². The van der Waals surface area contributed by atoms with Gasteiger partial charge in [-0.15, -0.1) is 23.2 Å². The van der Waals surface area contributed by atoms with Crippen molar-refractivity contribution in [3.63, 3.8) is 0 Å². The van der Waals surface area contributed by atoms with Gasteiger partial charge in [-0.25, -0.2) is 14.4 Å². The average Bonchev–Trinajstić information content (AvgIpc) is 2.25. The first-order valence-electron chi connectivity index (χ1n) is 4.39. The van der Waals surface area contributed by atoms with Gasteiger partial charge in [0.15, 0.2) is 11.6 Å². The molecule has 0 aromatic carbocycles. The molecule has 6 heteroatoms. The lowest BCUT2D eigenvalue weighted by Gasteiger charge is -2.26. The van der Waals surface area contributed by atoms with E-state index in [2.05, 4.69) is 15.3 Å². The van der Waals surface area contributed by atoms with E-state index in [1.54, 1.807) is 13.8 Å². The van der Waals surface area contributed by atoms with Gasteiger partial charge in [0.1, 0.15) is 6.33 Å². The molecule has 0 aliphatic rings. The normalized spacial score (nSPS) is 11.5. The summed E-state index contributed by atoms with van der Waals surface area (Å²) in [5, 5.41) is 2.87. The Balaban J connectivity index is 2.94.